The number of methoxy groups -OCH3 is 1. The Labute approximate surface area is 217 Å². The van der Waals surface area contributed by atoms with Gasteiger partial charge in [0.05, 0.1) is 5.60 Å². The first-order valence-corrected chi connectivity index (χ1v) is 16.8. The molecule has 1 fully saturated rings. The van der Waals surface area contributed by atoms with Gasteiger partial charge in [0.15, 0.2) is 8.32 Å². The van der Waals surface area contributed by atoms with Crippen LogP contribution in [0.5, 0.6) is 0 Å². The minimum Gasteiger partial charge on any atom is -0.414 e. The topological polar surface area (TPSA) is 27.7 Å². The molecule has 4 atom stereocenters. The summed E-state index contributed by atoms with van der Waals surface area (Å²) in [6.45, 7) is 19.2. The summed E-state index contributed by atoms with van der Waals surface area (Å²) in [4.78, 5) is 0. The van der Waals surface area contributed by atoms with Crippen molar-refractivity contribution in [3.05, 3.63) is 47.5 Å². The molecule has 0 N–H and O–H groups in total. The number of benzene rings is 1. The molecule has 0 bridgehead atoms. The molecule has 0 spiro atoms. The smallest absolute Gasteiger partial charge is 0.192 e. The average Bonchev–Trinajstić information content (AvgIpc) is 3.13. The Balaban J connectivity index is 1.80. The van der Waals surface area contributed by atoms with Crippen LogP contribution in [0.3, 0.4) is 0 Å². The monoisotopic (exact) mass is 500 g/mol. The van der Waals surface area contributed by atoms with Crippen molar-refractivity contribution in [2.75, 3.05) is 13.9 Å². The maximum absolute atomic E-state index is 7.10. The van der Waals surface area contributed by atoms with Gasteiger partial charge in [-0.2, -0.15) is 0 Å². The molecule has 3 nitrogen and oxygen atoms in total. The van der Waals surface area contributed by atoms with Gasteiger partial charge in [-0.1, -0.05) is 76.1 Å². The Morgan fingerprint density at radius 3 is 2.40 bits per heavy atom. The normalized spacial score (nSPS) is 26.4. The van der Waals surface area contributed by atoms with Crippen molar-refractivity contribution >= 4 is 8.32 Å². The molecule has 1 saturated carbocycles. The maximum Gasteiger partial charge on any atom is 0.192 e. The van der Waals surface area contributed by atoms with Crippen LogP contribution in [0, 0.1) is 11.3 Å². The molecule has 198 valence electrons. The third-order valence-corrected chi connectivity index (χ3v) is 13.9. The summed E-state index contributed by atoms with van der Waals surface area (Å²) < 4.78 is 18.2. The van der Waals surface area contributed by atoms with E-state index in [1.165, 1.54) is 24.8 Å². The molecule has 0 radical (unpaired) electrons. The highest BCUT2D eigenvalue weighted by Gasteiger charge is 2.51. The van der Waals surface area contributed by atoms with Gasteiger partial charge >= 0.3 is 0 Å². The number of hydrogen-bond acceptors (Lipinski definition) is 3. The van der Waals surface area contributed by atoms with E-state index in [0.717, 1.165) is 25.7 Å². The van der Waals surface area contributed by atoms with Crippen molar-refractivity contribution in [1.29, 1.82) is 0 Å². The second-order valence-corrected chi connectivity index (χ2v) is 18.2. The Bertz CT molecular complexity index is 839. The first-order valence-electron chi connectivity index (χ1n) is 13.9. The van der Waals surface area contributed by atoms with Crippen LogP contribution >= 0.6 is 0 Å². The fourth-order valence-electron chi connectivity index (χ4n) is 6.17. The zero-order chi connectivity index (χ0) is 25.9. The molecule has 4 heteroatoms. The lowest BCUT2D eigenvalue weighted by molar-refractivity contribution is -0.117. The second kappa shape index (κ2) is 11.2. The van der Waals surface area contributed by atoms with E-state index >= 15 is 0 Å². The fourth-order valence-corrected chi connectivity index (χ4v) is 7.56. The molecule has 35 heavy (non-hydrogen) atoms. The molecule has 0 unspecified atom stereocenters. The summed E-state index contributed by atoms with van der Waals surface area (Å²) in [5.41, 5.74) is 3.20. The van der Waals surface area contributed by atoms with Crippen molar-refractivity contribution in [1.82, 2.24) is 0 Å². The van der Waals surface area contributed by atoms with Gasteiger partial charge in [-0.05, 0) is 87.4 Å². The molecule has 3 rings (SSSR count). The highest BCUT2D eigenvalue weighted by Crippen LogP contribution is 2.58. The summed E-state index contributed by atoms with van der Waals surface area (Å²) in [6.07, 6.45) is 11.3. The van der Waals surface area contributed by atoms with E-state index in [2.05, 4.69) is 91.0 Å². The third kappa shape index (κ3) is 6.69. The lowest BCUT2D eigenvalue weighted by Crippen LogP contribution is -2.49. The number of rotatable bonds is 11. The summed E-state index contributed by atoms with van der Waals surface area (Å²) >= 11 is 0. The maximum atomic E-state index is 7.10. The van der Waals surface area contributed by atoms with Crippen LogP contribution < -0.4 is 0 Å². The van der Waals surface area contributed by atoms with E-state index in [1.54, 1.807) is 12.7 Å². The Morgan fingerprint density at radius 1 is 1.09 bits per heavy atom. The number of allylic oxidation sites excluding steroid dienone is 2. The fraction of sp³-hybridized carbons (Fsp3) is 0.742. The summed E-state index contributed by atoms with van der Waals surface area (Å²) in [7, 11) is -0.107. The summed E-state index contributed by atoms with van der Waals surface area (Å²) in [6, 6.07) is 11.2. The van der Waals surface area contributed by atoms with Crippen LogP contribution in [0.4, 0.5) is 0 Å². The molecule has 0 aliphatic heterocycles. The predicted octanol–water partition coefficient (Wildman–Crippen LogP) is 8.87. The van der Waals surface area contributed by atoms with E-state index in [4.69, 9.17) is 13.9 Å². The van der Waals surface area contributed by atoms with Crippen LogP contribution in [0.25, 0.3) is 0 Å². The SMILES string of the molecule is COCOC(C)(C)CCC[C@@H](C1=CC[C@H]2[C@@H](O[Si](C)(C)C(C)(C)C)CCC[C@]12C)c1ccccc1. The lowest BCUT2D eigenvalue weighted by Gasteiger charge is -2.49. The Hall–Kier alpha value is -0.943. The second-order valence-electron chi connectivity index (χ2n) is 13.4. The van der Waals surface area contributed by atoms with Gasteiger partial charge in [0.1, 0.15) is 6.79 Å². The predicted molar refractivity (Wildman–Crippen MR) is 150 cm³/mol. The number of hydrogen-bond donors (Lipinski definition) is 0. The quantitative estimate of drug-likeness (QED) is 0.172. The molecule has 1 aromatic carbocycles. The molecule has 0 amide bonds. The van der Waals surface area contributed by atoms with Gasteiger partial charge < -0.3 is 13.9 Å². The zero-order valence-corrected chi connectivity index (χ0v) is 25.1. The molecule has 0 heterocycles. The van der Waals surface area contributed by atoms with Crippen LogP contribution in [0.15, 0.2) is 42.0 Å². The largest absolute Gasteiger partial charge is 0.414 e. The van der Waals surface area contributed by atoms with E-state index in [-0.39, 0.29) is 16.1 Å². The molecular formula is C31H52O3Si. The first kappa shape index (κ1) is 28.6. The minimum atomic E-state index is -1.80. The average molecular weight is 501 g/mol. The van der Waals surface area contributed by atoms with Crippen molar-refractivity contribution < 1.29 is 13.9 Å². The van der Waals surface area contributed by atoms with Crippen molar-refractivity contribution in [3.8, 4) is 0 Å². The van der Waals surface area contributed by atoms with E-state index < -0.39 is 8.32 Å². The summed E-state index contributed by atoms with van der Waals surface area (Å²) in [5.74, 6) is 1.07. The van der Waals surface area contributed by atoms with Gasteiger partial charge in [-0.15, -0.1) is 0 Å². The van der Waals surface area contributed by atoms with Crippen LogP contribution in [0.1, 0.15) is 98.0 Å². The van der Waals surface area contributed by atoms with Crippen molar-refractivity contribution in [3.63, 3.8) is 0 Å². The van der Waals surface area contributed by atoms with Crippen molar-refractivity contribution in [2.24, 2.45) is 11.3 Å². The first-order chi connectivity index (χ1) is 16.3. The lowest BCUT2D eigenvalue weighted by atomic mass is 9.62. The van der Waals surface area contributed by atoms with Gasteiger partial charge in [-0.25, -0.2) is 0 Å². The third-order valence-electron chi connectivity index (χ3n) is 9.37. The van der Waals surface area contributed by atoms with E-state index in [0.29, 0.717) is 24.7 Å². The van der Waals surface area contributed by atoms with Crippen LogP contribution in [-0.2, 0) is 13.9 Å². The Kier molecular flexibility index (Phi) is 9.17. The van der Waals surface area contributed by atoms with Crippen LogP contribution in [0.2, 0.25) is 18.1 Å². The molecule has 1 aromatic rings. The number of ether oxygens (including phenoxy) is 2. The van der Waals surface area contributed by atoms with Gasteiger partial charge in [0.2, 0.25) is 0 Å². The van der Waals surface area contributed by atoms with E-state index in [1.807, 2.05) is 0 Å². The molecule has 2 aliphatic rings. The molecule has 0 aromatic heterocycles. The highest BCUT2D eigenvalue weighted by molar-refractivity contribution is 6.74. The Morgan fingerprint density at radius 2 is 1.77 bits per heavy atom. The van der Waals surface area contributed by atoms with Crippen LogP contribution in [-0.4, -0.2) is 33.9 Å². The standard InChI is InChI=1S/C31H52O3Si/c1-29(2,3)35(8,9)34-28-18-14-22-31(6)26(19-20-27(28)31)25(24-15-11-10-12-16-24)17-13-21-30(4,5)33-23-32-7/h10-12,15-16,19,25,27-28H,13-14,17-18,20-23H2,1-9H3/t25-,27+,28+,31-/m1/s1. The number of fused-ring (bicyclic) bond motifs is 1. The van der Waals surface area contributed by atoms with Crippen molar-refractivity contribution in [2.45, 2.75) is 122 Å². The minimum absolute atomic E-state index is 0.166. The zero-order valence-electron chi connectivity index (χ0n) is 24.1. The molecular weight excluding hydrogens is 448 g/mol. The van der Waals surface area contributed by atoms with E-state index in [9.17, 15) is 0 Å². The highest BCUT2D eigenvalue weighted by atomic mass is 28.4. The van der Waals surface area contributed by atoms with Gasteiger partial charge in [0.25, 0.3) is 0 Å². The summed E-state index contributed by atoms with van der Waals surface area (Å²) in [5, 5.41) is 0.250. The molecule has 2 aliphatic carbocycles. The van der Waals surface area contributed by atoms with Gasteiger partial charge in [0, 0.05) is 19.1 Å². The molecule has 0 saturated heterocycles. The van der Waals surface area contributed by atoms with Gasteiger partial charge in [-0.3, -0.25) is 0 Å².